The average Bonchev–Trinajstić information content (AvgIpc) is 3.60. The molecule has 3 aliphatic heterocycles. The second-order valence-corrected chi connectivity index (χ2v) is 18.9. The van der Waals surface area contributed by atoms with Crippen molar-refractivity contribution >= 4 is 76.5 Å². The third-order valence-electron chi connectivity index (χ3n) is 10.8. The molecule has 0 spiro atoms. The molecule has 4 amide bonds. The van der Waals surface area contributed by atoms with Gasteiger partial charge in [-0.15, -0.1) is 0 Å². The number of nitrogens with one attached hydrogen (secondary N) is 3. The molecule has 3 aromatic carbocycles. The topological polar surface area (TPSA) is 194 Å². The Morgan fingerprint density at radius 1 is 0.903 bits per heavy atom. The van der Waals surface area contributed by atoms with Crippen LogP contribution in [0.25, 0.3) is 0 Å². The fraction of sp³-hybridized carbons (Fsp3) is 0.395. The minimum Gasteiger partial charge on any atom is -0.494 e. The molecule has 0 bridgehead atoms. The Hall–Kier alpha value is -5.74. The van der Waals surface area contributed by atoms with Gasteiger partial charge in [-0.05, 0) is 56.1 Å². The number of para-hydroxylation sites is 1. The van der Waals surface area contributed by atoms with Crippen molar-refractivity contribution in [3.63, 3.8) is 0 Å². The number of nitrogens with zero attached hydrogens (tertiary/aromatic N) is 5. The summed E-state index contributed by atoms with van der Waals surface area (Å²) in [6, 6.07) is 17.7. The first kappa shape index (κ1) is 44.3. The summed E-state index contributed by atoms with van der Waals surface area (Å²) in [6.07, 6.45) is 2.24. The van der Waals surface area contributed by atoms with Gasteiger partial charge in [0.1, 0.15) is 36.3 Å². The van der Waals surface area contributed by atoms with E-state index in [1.807, 2.05) is 47.4 Å². The van der Waals surface area contributed by atoms with Gasteiger partial charge in [-0.3, -0.25) is 24.5 Å². The van der Waals surface area contributed by atoms with E-state index in [2.05, 4.69) is 30.8 Å². The van der Waals surface area contributed by atoms with E-state index in [1.165, 1.54) is 11.1 Å². The molecule has 4 heterocycles. The summed E-state index contributed by atoms with van der Waals surface area (Å²) in [4.78, 5) is 64.4. The van der Waals surface area contributed by atoms with E-state index in [9.17, 15) is 23.7 Å². The molecule has 19 heteroatoms. The van der Waals surface area contributed by atoms with Gasteiger partial charge in [0.25, 0.3) is 5.91 Å². The predicted octanol–water partition coefficient (Wildman–Crippen LogP) is 4.79. The lowest BCUT2D eigenvalue weighted by Crippen LogP contribution is -2.52. The highest BCUT2D eigenvalue weighted by molar-refractivity contribution is 7.70. The number of piperidine rings is 1. The summed E-state index contributed by atoms with van der Waals surface area (Å²) < 4.78 is 35.9. The van der Waals surface area contributed by atoms with Crippen LogP contribution >= 0.6 is 18.7 Å². The van der Waals surface area contributed by atoms with Crippen molar-refractivity contribution in [2.45, 2.75) is 31.8 Å². The first-order valence-corrected chi connectivity index (χ1v) is 23.3. The molecule has 2 saturated heterocycles. The number of methoxy groups -OCH3 is 1. The molecule has 17 nitrogen and oxygen atoms in total. The third kappa shape index (κ3) is 10.6. The lowest BCUT2D eigenvalue weighted by atomic mass is 10.0. The molecule has 3 aliphatic rings. The maximum Gasteiger partial charge on any atom is 0.255 e. The lowest BCUT2D eigenvalue weighted by Gasteiger charge is -2.36. The molecule has 7 rings (SSSR count). The number of carbonyl (C=O) groups is 4. The summed E-state index contributed by atoms with van der Waals surface area (Å²) >= 11 is 6.45. The molecule has 0 radical (unpaired) electrons. The van der Waals surface area contributed by atoms with Gasteiger partial charge in [-0.1, -0.05) is 29.8 Å². The van der Waals surface area contributed by atoms with Gasteiger partial charge in [0.15, 0.2) is 5.82 Å². The minimum atomic E-state index is -2.57. The van der Waals surface area contributed by atoms with Crippen LogP contribution in [-0.2, 0) is 35.0 Å². The third-order valence-corrected chi connectivity index (χ3v) is 12.6. The molecule has 1 aromatic heterocycles. The standard InChI is InChI=1S/C43H50ClN8O9P/c1-58-36-25-28(11-12-32(36)47-43-45-26-31(44)40(49-43)46-33-8-4-5-10-37(33)62(2,3)57)50-16-18-51(19-17-50)39(54)15-20-59-21-22-60-23-24-61-35-9-6-7-29-30(35)27-52(42(29)56)34-13-14-38(53)48-41(34)55/h4-12,25-26,34H,13-24,27H2,1-3H3,(H,48,53,55)(H2,45,46,47,49). The van der Waals surface area contributed by atoms with Gasteiger partial charge in [0.05, 0.1) is 64.1 Å². The molecule has 1 atom stereocenters. The number of ether oxygens (including phenoxy) is 4. The van der Waals surface area contributed by atoms with E-state index in [-0.39, 0.29) is 50.3 Å². The molecule has 4 aromatic rings. The molecule has 3 N–H and O–H groups in total. The number of fused-ring (bicyclic) bond motifs is 1. The fourth-order valence-electron chi connectivity index (χ4n) is 7.55. The van der Waals surface area contributed by atoms with Gasteiger partial charge in [0, 0.05) is 60.8 Å². The van der Waals surface area contributed by atoms with Crippen LogP contribution in [0.4, 0.5) is 28.8 Å². The van der Waals surface area contributed by atoms with Crippen LogP contribution in [0.1, 0.15) is 35.2 Å². The van der Waals surface area contributed by atoms with Gasteiger partial charge in [0.2, 0.25) is 23.7 Å². The Morgan fingerprint density at radius 3 is 2.42 bits per heavy atom. The Morgan fingerprint density at radius 2 is 1.66 bits per heavy atom. The first-order chi connectivity index (χ1) is 29.9. The molecule has 328 valence electrons. The Bertz CT molecular complexity index is 2360. The maximum absolute atomic E-state index is 13.0. The van der Waals surface area contributed by atoms with Crippen molar-refractivity contribution in [3.05, 3.63) is 83.0 Å². The van der Waals surface area contributed by atoms with Crippen LogP contribution in [-0.4, -0.2) is 129 Å². The van der Waals surface area contributed by atoms with Crippen molar-refractivity contribution in [1.29, 1.82) is 0 Å². The van der Waals surface area contributed by atoms with Crippen molar-refractivity contribution in [3.8, 4) is 11.5 Å². The quantitative estimate of drug-likeness (QED) is 0.0702. The zero-order chi connectivity index (χ0) is 43.8. The number of halogens is 1. The van der Waals surface area contributed by atoms with Gasteiger partial charge >= 0.3 is 0 Å². The van der Waals surface area contributed by atoms with E-state index < -0.39 is 19.1 Å². The second-order valence-electron chi connectivity index (χ2n) is 15.3. The van der Waals surface area contributed by atoms with Crippen LogP contribution in [0.3, 0.4) is 0 Å². The molecule has 0 aliphatic carbocycles. The number of carbonyl (C=O) groups excluding carboxylic acids is 4. The van der Waals surface area contributed by atoms with Gasteiger partial charge in [-0.25, -0.2) is 4.98 Å². The summed E-state index contributed by atoms with van der Waals surface area (Å²) in [5.41, 5.74) is 3.46. The molecule has 1 unspecified atom stereocenters. The molecule has 2 fully saturated rings. The summed E-state index contributed by atoms with van der Waals surface area (Å²) in [6.45, 7) is 7.57. The molecular formula is C43H50ClN8O9P. The zero-order valence-electron chi connectivity index (χ0n) is 34.9. The van der Waals surface area contributed by atoms with Crippen LogP contribution < -0.4 is 35.6 Å². The highest BCUT2D eigenvalue weighted by Crippen LogP contribution is 2.39. The Balaban J connectivity index is 0.797. The number of benzene rings is 3. The van der Waals surface area contributed by atoms with E-state index in [1.54, 1.807) is 38.6 Å². The van der Waals surface area contributed by atoms with Crippen molar-refractivity contribution in [2.75, 3.05) is 95.2 Å². The number of hydrogen-bond donors (Lipinski definition) is 3. The van der Waals surface area contributed by atoms with E-state index in [4.69, 9.17) is 30.5 Å². The Labute approximate surface area is 364 Å². The fourth-order valence-corrected chi connectivity index (χ4v) is 8.84. The highest BCUT2D eigenvalue weighted by Gasteiger charge is 2.40. The average molecular weight is 889 g/mol. The Kier molecular flexibility index (Phi) is 14.3. The van der Waals surface area contributed by atoms with Crippen LogP contribution in [0.2, 0.25) is 5.02 Å². The molecule has 62 heavy (non-hydrogen) atoms. The first-order valence-electron chi connectivity index (χ1n) is 20.4. The number of amides is 4. The molecular weight excluding hydrogens is 839 g/mol. The minimum absolute atomic E-state index is 0.0276. The predicted molar refractivity (Wildman–Crippen MR) is 235 cm³/mol. The number of rotatable bonds is 18. The number of aromatic nitrogens is 2. The van der Waals surface area contributed by atoms with Crippen LogP contribution in [0, 0.1) is 0 Å². The summed E-state index contributed by atoms with van der Waals surface area (Å²) in [5.74, 6) is 0.783. The maximum atomic E-state index is 13.0. The van der Waals surface area contributed by atoms with Crippen LogP contribution in [0.5, 0.6) is 11.5 Å². The molecule has 0 saturated carbocycles. The van der Waals surface area contributed by atoms with Gasteiger partial charge < -0.3 is 48.8 Å². The van der Waals surface area contributed by atoms with Gasteiger partial charge in [-0.2, -0.15) is 4.98 Å². The number of piperazine rings is 1. The summed E-state index contributed by atoms with van der Waals surface area (Å²) in [5, 5.41) is 9.75. The zero-order valence-corrected chi connectivity index (χ0v) is 36.5. The normalized spacial score (nSPS) is 16.5. The summed E-state index contributed by atoms with van der Waals surface area (Å²) in [7, 11) is -0.978. The van der Waals surface area contributed by atoms with E-state index in [0.29, 0.717) is 109 Å². The largest absolute Gasteiger partial charge is 0.494 e. The highest BCUT2D eigenvalue weighted by atomic mass is 35.5. The second kappa shape index (κ2) is 20.0. The van der Waals surface area contributed by atoms with Crippen molar-refractivity contribution < 1.29 is 42.7 Å². The number of anilines is 5. The van der Waals surface area contributed by atoms with Crippen molar-refractivity contribution in [1.82, 2.24) is 25.1 Å². The van der Waals surface area contributed by atoms with E-state index >= 15 is 0 Å². The number of hydrogen-bond acceptors (Lipinski definition) is 14. The number of imide groups is 1. The van der Waals surface area contributed by atoms with Crippen molar-refractivity contribution in [2.24, 2.45) is 0 Å². The lowest BCUT2D eigenvalue weighted by molar-refractivity contribution is -0.137. The van der Waals surface area contributed by atoms with E-state index in [0.717, 1.165) is 5.69 Å². The SMILES string of the molecule is COc1cc(N2CCN(C(=O)CCOCCOCCOc3cccc4c3CN(C3CCC(=O)NC3=O)C4=O)CC2)ccc1Nc1ncc(Cl)c(Nc2ccccc2P(C)(C)=O)n1. The van der Waals surface area contributed by atoms with Crippen LogP contribution in [0.15, 0.2) is 66.9 Å². The monoisotopic (exact) mass is 888 g/mol. The smallest absolute Gasteiger partial charge is 0.255 e.